The van der Waals surface area contributed by atoms with E-state index < -0.39 is 0 Å². The van der Waals surface area contributed by atoms with Gasteiger partial charge in [0.1, 0.15) is 0 Å². The molecule has 0 spiro atoms. The number of nitrogens with two attached hydrogens (primary N) is 1. The number of aromatic hydroxyl groups is 2. The topological polar surface area (TPSA) is 66.5 Å². The minimum absolute atomic E-state index is 0.144. The highest BCUT2D eigenvalue weighted by Crippen LogP contribution is 2.27. The molecule has 0 aliphatic rings. The Morgan fingerprint density at radius 3 is 2.50 bits per heavy atom. The lowest BCUT2D eigenvalue weighted by Crippen LogP contribution is -2.05. The summed E-state index contributed by atoms with van der Waals surface area (Å²) >= 11 is 0. The molecule has 0 amide bonds. The van der Waals surface area contributed by atoms with Crippen LogP contribution in [0, 0.1) is 0 Å². The predicted octanol–water partition coefficient (Wildman–Crippen LogP) is 1.28. The van der Waals surface area contributed by atoms with Gasteiger partial charge >= 0.3 is 0 Å². The van der Waals surface area contributed by atoms with Crippen LogP contribution in [-0.4, -0.2) is 10.2 Å². The zero-order valence-electron chi connectivity index (χ0n) is 6.57. The Bertz CT molecular complexity index is 297. The normalized spacial score (nSPS) is 12.4. The van der Waals surface area contributed by atoms with Crippen molar-refractivity contribution in [1.82, 2.24) is 0 Å². The monoisotopic (exact) mass is 165 g/mol. The molecule has 0 unspecified atom stereocenters. The van der Waals surface area contributed by atoms with Gasteiger partial charge in [0.05, 0.1) is 0 Å². The second-order valence-electron chi connectivity index (χ2n) is 2.51. The minimum Gasteiger partial charge on any atom is -0.504 e. The van der Waals surface area contributed by atoms with Gasteiger partial charge in [-0.2, -0.15) is 0 Å². The predicted molar refractivity (Wildman–Crippen MR) is 46.9 cm³/mol. The molecular weight excluding hydrogens is 154 g/mol. The van der Waals surface area contributed by atoms with Crippen molar-refractivity contribution < 1.29 is 10.2 Å². The van der Waals surface area contributed by atoms with Gasteiger partial charge in [-0.15, -0.1) is 6.58 Å². The van der Waals surface area contributed by atoms with Crippen molar-refractivity contribution >= 4 is 0 Å². The molecule has 0 heterocycles. The molecule has 64 valence electrons. The highest BCUT2D eigenvalue weighted by Gasteiger charge is 2.04. The van der Waals surface area contributed by atoms with Crippen molar-refractivity contribution in [3.05, 3.63) is 36.4 Å². The summed E-state index contributed by atoms with van der Waals surface area (Å²) in [6.45, 7) is 3.52. The number of benzene rings is 1. The van der Waals surface area contributed by atoms with E-state index >= 15 is 0 Å². The van der Waals surface area contributed by atoms with Crippen LogP contribution < -0.4 is 5.73 Å². The standard InChI is InChI=1S/C9H11NO2/c1-2-7(10)6-3-4-8(11)9(12)5-6/h2-5,7,11-12H,1,10H2/t7-/m0/s1. The Balaban J connectivity index is 3.04. The third-order valence-corrected chi connectivity index (χ3v) is 1.64. The third-order valence-electron chi connectivity index (χ3n) is 1.64. The number of hydrogen-bond donors (Lipinski definition) is 3. The largest absolute Gasteiger partial charge is 0.504 e. The second-order valence-corrected chi connectivity index (χ2v) is 2.51. The first kappa shape index (κ1) is 8.62. The van der Waals surface area contributed by atoms with Crippen LogP contribution in [0.3, 0.4) is 0 Å². The molecule has 1 atom stereocenters. The van der Waals surface area contributed by atoms with Gasteiger partial charge in [0, 0.05) is 6.04 Å². The van der Waals surface area contributed by atoms with Gasteiger partial charge in [0.15, 0.2) is 11.5 Å². The molecular formula is C9H11NO2. The van der Waals surface area contributed by atoms with Crippen LogP contribution in [0.4, 0.5) is 0 Å². The van der Waals surface area contributed by atoms with E-state index in [0.717, 1.165) is 5.56 Å². The molecule has 4 N–H and O–H groups in total. The fourth-order valence-corrected chi connectivity index (χ4v) is 0.884. The van der Waals surface area contributed by atoms with Crippen molar-refractivity contribution in [3.63, 3.8) is 0 Å². The maximum Gasteiger partial charge on any atom is 0.157 e. The number of rotatable bonds is 2. The summed E-state index contributed by atoms with van der Waals surface area (Å²) in [6, 6.07) is 4.15. The van der Waals surface area contributed by atoms with Gasteiger partial charge < -0.3 is 15.9 Å². The van der Waals surface area contributed by atoms with Crippen molar-refractivity contribution in [2.45, 2.75) is 6.04 Å². The fourth-order valence-electron chi connectivity index (χ4n) is 0.884. The third kappa shape index (κ3) is 1.57. The molecule has 0 radical (unpaired) electrons. The number of phenols is 2. The molecule has 0 aliphatic heterocycles. The smallest absolute Gasteiger partial charge is 0.157 e. The zero-order chi connectivity index (χ0) is 9.14. The molecule has 0 saturated heterocycles. The van der Waals surface area contributed by atoms with Crippen LogP contribution in [0.1, 0.15) is 11.6 Å². The van der Waals surface area contributed by atoms with Crippen LogP contribution in [0.15, 0.2) is 30.9 Å². The van der Waals surface area contributed by atoms with Crippen molar-refractivity contribution in [2.75, 3.05) is 0 Å². The van der Waals surface area contributed by atoms with E-state index in [1.807, 2.05) is 0 Å². The van der Waals surface area contributed by atoms with Crippen molar-refractivity contribution in [2.24, 2.45) is 5.73 Å². The lowest BCUT2D eigenvalue weighted by molar-refractivity contribution is 0.403. The first-order valence-electron chi connectivity index (χ1n) is 3.55. The molecule has 0 fully saturated rings. The maximum atomic E-state index is 9.10. The van der Waals surface area contributed by atoms with Crippen LogP contribution in [0.25, 0.3) is 0 Å². The van der Waals surface area contributed by atoms with E-state index in [0.29, 0.717) is 0 Å². The minimum atomic E-state index is -0.309. The second kappa shape index (κ2) is 3.28. The Morgan fingerprint density at radius 1 is 1.33 bits per heavy atom. The molecule has 3 nitrogen and oxygen atoms in total. The Kier molecular flexibility index (Phi) is 2.35. The van der Waals surface area contributed by atoms with Gasteiger partial charge in [-0.25, -0.2) is 0 Å². The first-order valence-corrected chi connectivity index (χ1v) is 3.55. The van der Waals surface area contributed by atoms with E-state index in [1.54, 1.807) is 12.1 Å². The molecule has 1 aromatic carbocycles. The van der Waals surface area contributed by atoms with E-state index in [2.05, 4.69) is 6.58 Å². The zero-order valence-corrected chi connectivity index (χ0v) is 6.57. The summed E-state index contributed by atoms with van der Waals surface area (Å²) < 4.78 is 0. The highest BCUT2D eigenvalue weighted by atomic mass is 16.3. The summed E-state index contributed by atoms with van der Waals surface area (Å²) in [6.07, 6.45) is 1.56. The van der Waals surface area contributed by atoms with Gasteiger partial charge in [-0.05, 0) is 17.7 Å². The Labute approximate surface area is 70.8 Å². The van der Waals surface area contributed by atoms with E-state index in [-0.39, 0.29) is 17.5 Å². The molecule has 0 aromatic heterocycles. The lowest BCUT2D eigenvalue weighted by atomic mass is 10.1. The lowest BCUT2D eigenvalue weighted by Gasteiger charge is -2.06. The summed E-state index contributed by atoms with van der Waals surface area (Å²) in [5, 5.41) is 18.1. The van der Waals surface area contributed by atoms with E-state index in [1.165, 1.54) is 12.1 Å². The molecule has 0 saturated carbocycles. The summed E-state index contributed by atoms with van der Waals surface area (Å²) in [7, 11) is 0. The summed E-state index contributed by atoms with van der Waals surface area (Å²) in [5.74, 6) is -0.306. The van der Waals surface area contributed by atoms with Gasteiger partial charge in [-0.1, -0.05) is 12.1 Å². The van der Waals surface area contributed by atoms with Gasteiger partial charge in [0.2, 0.25) is 0 Å². The van der Waals surface area contributed by atoms with Crippen LogP contribution in [0.2, 0.25) is 0 Å². The Hall–Kier alpha value is -1.48. The highest BCUT2D eigenvalue weighted by molar-refractivity contribution is 5.42. The van der Waals surface area contributed by atoms with Gasteiger partial charge in [-0.3, -0.25) is 0 Å². The van der Waals surface area contributed by atoms with Gasteiger partial charge in [0.25, 0.3) is 0 Å². The molecule has 0 bridgehead atoms. The maximum absolute atomic E-state index is 9.10. The summed E-state index contributed by atoms with van der Waals surface area (Å²) in [4.78, 5) is 0. The molecule has 12 heavy (non-hydrogen) atoms. The number of phenolic OH excluding ortho intramolecular Hbond substituents is 2. The first-order chi connectivity index (χ1) is 5.65. The van der Waals surface area contributed by atoms with Crippen LogP contribution in [-0.2, 0) is 0 Å². The average molecular weight is 165 g/mol. The fraction of sp³-hybridized carbons (Fsp3) is 0.111. The Morgan fingerprint density at radius 2 is 2.00 bits per heavy atom. The van der Waals surface area contributed by atoms with Crippen LogP contribution in [0.5, 0.6) is 11.5 Å². The molecule has 1 aromatic rings. The average Bonchev–Trinajstić information content (AvgIpc) is 2.08. The quantitative estimate of drug-likeness (QED) is 0.457. The van der Waals surface area contributed by atoms with E-state index in [4.69, 9.17) is 15.9 Å². The summed E-state index contributed by atoms with van der Waals surface area (Å²) in [5.41, 5.74) is 6.32. The van der Waals surface area contributed by atoms with Crippen molar-refractivity contribution in [3.8, 4) is 11.5 Å². The SMILES string of the molecule is C=C[C@H](N)c1ccc(O)c(O)c1. The molecule has 0 aliphatic carbocycles. The number of hydrogen-bond acceptors (Lipinski definition) is 3. The van der Waals surface area contributed by atoms with Crippen LogP contribution >= 0.6 is 0 Å². The van der Waals surface area contributed by atoms with E-state index in [9.17, 15) is 0 Å². The molecule has 3 heteroatoms. The molecule has 1 rings (SSSR count). The van der Waals surface area contributed by atoms with Crippen molar-refractivity contribution in [1.29, 1.82) is 0 Å².